The monoisotopic (exact) mass is 470 g/mol. The highest BCUT2D eigenvalue weighted by Crippen LogP contribution is 2.36. The summed E-state index contributed by atoms with van der Waals surface area (Å²) in [7, 11) is -3.87. The summed E-state index contributed by atoms with van der Waals surface area (Å²) in [6.07, 6.45) is 4.53. The van der Waals surface area contributed by atoms with Crippen LogP contribution in [0.5, 0.6) is 0 Å². The third-order valence-electron chi connectivity index (χ3n) is 6.52. The van der Waals surface area contributed by atoms with Gasteiger partial charge in [-0.3, -0.25) is 9.10 Å². The number of anilines is 1. The zero-order valence-corrected chi connectivity index (χ0v) is 19.9. The van der Waals surface area contributed by atoms with Crippen molar-refractivity contribution < 1.29 is 22.7 Å². The van der Waals surface area contributed by atoms with E-state index in [0.29, 0.717) is 18.7 Å². The van der Waals surface area contributed by atoms with Gasteiger partial charge in [0.25, 0.3) is 15.9 Å². The van der Waals surface area contributed by atoms with E-state index >= 15 is 0 Å². The number of hydrogen-bond acceptors (Lipinski definition) is 5. The van der Waals surface area contributed by atoms with E-state index in [2.05, 4.69) is 0 Å². The number of esters is 1. The Kier molecular flexibility index (Phi) is 6.74. The number of carbonyl (C=O) groups is 2. The molecule has 1 fully saturated rings. The molecular formula is C25H30N2O5S. The van der Waals surface area contributed by atoms with Crippen LogP contribution in [-0.2, 0) is 26.0 Å². The van der Waals surface area contributed by atoms with E-state index in [4.69, 9.17) is 4.74 Å². The molecular weight excluding hydrogens is 440 g/mol. The van der Waals surface area contributed by atoms with Crippen LogP contribution in [0.1, 0.15) is 55.5 Å². The van der Waals surface area contributed by atoms with Gasteiger partial charge in [0.15, 0.2) is 6.61 Å². The van der Waals surface area contributed by atoms with Crippen LogP contribution in [0.3, 0.4) is 0 Å². The van der Waals surface area contributed by atoms with Gasteiger partial charge in [0.2, 0.25) is 0 Å². The maximum absolute atomic E-state index is 13.4. The van der Waals surface area contributed by atoms with Crippen LogP contribution in [0.4, 0.5) is 5.69 Å². The fraction of sp³-hybridized carbons (Fsp3) is 0.440. The zero-order valence-electron chi connectivity index (χ0n) is 19.1. The predicted molar refractivity (Wildman–Crippen MR) is 126 cm³/mol. The number of fused-ring (bicyclic) bond motifs is 1. The minimum atomic E-state index is -3.87. The summed E-state index contributed by atoms with van der Waals surface area (Å²) in [5.74, 6) is -0.915. The first kappa shape index (κ1) is 23.3. The number of nitrogens with zero attached hydrogens (tertiary/aromatic N) is 2. The van der Waals surface area contributed by atoms with E-state index < -0.39 is 16.0 Å². The number of likely N-dealkylation sites (tertiary alicyclic amines) is 1. The lowest BCUT2D eigenvalue weighted by molar-refractivity contribution is -0.138. The van der Waals surface area contributed by atoms with Gasteiger partial charge in [0, 0.05) is 18.6 Å². The number of piperidine rings is 1. The molecule has 4 rings (SSSR count). The molecule has 0 bridgehead atoms. The molecule has 8 heteroatoms. The summed E-state index contributed by atoms with van der Waals surface area (Å²) in [4.78, 5) is 27.1. The van der Waals surface area contributed by atoms with E-state index in [1.807, 2.05) is 32.0 Å². The maximum atomic E-state index is 13.4. The van der Waals surface area contributed by atoms with Gasteiger partial charge in [-0.15, -0.1) is 0 Å². The maximum Gasteiger partial charge on any atom is 0.338 e. The molecule has 2 heterocycles. The van der Waals surface area contributed by atoms with Gasteiger partial charge in [0.05, 0.1) is 16.1 Å². The zero-order chi connectivity index (χ0) is 23.6. The lowest BCUT2D eigenvalue weighted by Gasteiger charge is -2.35. The molecule has 2 atom stereocenters. The Hall–Kier alpha value is -2.87. The Morgan fingerprint density at radius 2 is 1.88 bits per heavy atom. The van der Waals surface area contributed by atoms with E-state index in [1.54, 1.807) is 11.0 Å². The quantitative estimate of drug-likeness (QED) is 0.600. The van der Waals surface area contributed by atoms with Crippen molar-refractivity contribution in [3.63, 3.8) is 0 Å². The third-order valence-corrected chi connectivity index (χ3v) is 8.44. The number of ether oxygens (including phenoxy) is 1. The Labute approximate surface area is 195 Å². The Morgan fingerprint density at radius 1 is 1.09 bits per heavy atom. The standard InChI is InChI=1S/C25H30N2O5S/c1-3-21-11-6-7-14-26(21)24(28)17-32-25(29)20-10-8-12-22(16-20)33(30,31)27-18(2)15-19-9-4-5-13-23(19)27/h4-5,8-10,12-13,16,18,21H,3,6-7,11,14-15,17H2,1-2H3. The number of para-hydroxylation sites is 1. The summed E-state index contributed by atoms with van der Waals surface area (Å²) in [6, 6.07) is 13.2. The summed E-state index contributed by atoms with van der Waals surface area (Å²) < 4.78 is 33.6. The van der Waals surface area contributed by atoms with Gasteiger partial charge in [0.1, 0.15) is 0 Å². The molecule has 2 aliphatic rings. The highest BCUT2D eigenvalue weighted by atomic mass is 32.2. The second-order valence-electron chi connectivity index (χ2n) is 8.73. The number of rotatable bonds is 6. The van der Waals surface area contributed by atoms with Crippen molar-refractivity contribution in [2.24, 2.45) is 0 Å². The summed E-state index contributed by atoms with van der Waals surface area (Å²) in [5.41, 5.74) is 1.75. The topological polar surface area (TPSA) is 84.0 Å². The largest absolute Gasteiger partial charge is 0.452 e. The smallest absolute Gasteiger partial charge is 0.338 e. The molecule has 7 nitrogen and oxygen atoms in total. The average Bonchev–Trinajstić information content (AvgIpc) is 3.18. The first-order valence-corrected chi connectivity index (χ1v) is 13.0. The molecule has 0 spiro atoms. The van der Waals surface area contributed by atoms with Gasteiger partial charge in [-0.2, -0.15) is 0 Å². The molecule has 2 aromatic rings. The molecule has 176 valence electrons. The van der Waals surface area contributed by atoms with Crippen LogP contribution in [0.15, 0.2) is 53.4 Å². The number of benzene rings is 2. The highest BCUT2D eigenvalue weighted by Gasteiger charge is 2.36. The van der Waals surface area contributed by atoms with Crippen LogP contribution >= 0.6 is 0 Å². The van der Waals surface area contributed by atoms with Crippen LogP contribution in [0.2, 0.25) is 0 Å². The van der Waals surface area contributed by atoms with Gasteiger partial charge < -0.3 is 9.64 Å². The van der Waals surface area contributed by atoms with E-state index in [0.717, 1.165) is 31.2 Å². The number of hydrogen-bond donors (Lipinski definition) is 0. The molecule has 1 amide bonds. The Morgan fingerprint density at radius 3 is 2.67 bits per heavy atom. The van der Waals surface area contributed by atoms with Crippen molar-refractivity contribution in [3.05, 3.63) is 59.7 Å². The molecule has 2 aliphatic heterocycles. The van der Waals surface area contributed by atoms with Crippen molar-refractivity contribution in [1.82, 2.24) is 4.90 Å². The second kappa shape index (κ2) is 9.55. The molecule has 2 aromatic carbocycles. The van der Waals surface area contributed by atoms with Crippen molar-refractivity contribution in [2.75, 3.05) is 17.5 Å². The van der Waals surface area contributed by atoms with Crippen LogP contribution in [0, 0.1) is 0 Å². The molecule has 0 aliphatic carbocycles. The first-order valence-electron chi connectivity index (χ1n) is 11.5. The van der Waals surface area contributed by atoms with Gasteiger partial charge in [-0.25, -0.2) is 13.2 Å². The normalized spacial score (nSPS) is 20.4. The average molecular weight is 471 g/mol. The predicted octanol–water partition coefficient (Wildman–Crippen LogP) is 3.77. The molecule has 0 N–H and O–H groups in total. The highest BCUT2D eigenvalue weighted by molar-refractivity contribution is 7.92. The molecule has 0 radical (unpaired) electrons. The van der Waals surface area contributed by atoms with Gasteiger partial charge in [-0.05, 0) is 68.9 Å². The Balaban J connectivity index is 1.48. The summed E-state index contributed by atoms with van der Waals surface area (Å²) >= 11 is 0. The number of carbonyl (C=O) groups excluding carboxylic acids is 2. The fourth-order valence-corrected chi connectivity index (χ4v) is 6.59. The van der Waals surface area contributed by atoms with Crippen molar-refractivity contribution >= 4 is 27.6 Å². The van der Waals surface area contributed by atoms with Crippen molar-refractivity contribution in [3.8, 4) is 0 Å². The van der Waals surface area contributed by atoms with E-state index in [1.165, 1.54) is 28.6 Å². The fourth-order valence-electron chi connectivity index (χ4n) is 4.85. The third kappa shape index (κ3) is 4.62. The van der Waals surface area contributed by atoms with Crippen LogP contribution in [-0.4, -0.2) is 50.4 Å². The first-order chi connectivity index (χ1) is 15.8. The number of sulfonamides is 1. The minimum Gasteiger partial charge on any atom is -0.452 e. The molecule has 1 saturated heterocycles. The lowest BCUT2D eigenvalue weighted by atomic mass is 10.00. The van der Waals surface area contributed by atoms with Crippen molar-refractivity contribution in [1.29, 1.82) is 0 Å². The molecule has 0 saturated carbocycles. The molecule has 2 unspecified atom stereocenters. The van der Waals surface area contributed by atoms with E-state index in [9.17, 15) is 18.0 Å². The number of amides is 1. The van der Waals surface area contributed by atoms with Gasteiger partial charge >= 0.3 is 5.97 Å². The molecule has 33 heavy (non-hydrogen) atoms. The summed E-state index contributed by atoms with van der Waals surface area (Å²) in [6.45, 7) is 4.25. The second-order valence-corrected chi connectivity index (χ2v) is 10.5. The lowest BCUT2D eigenvalue weighted by Crippen LogP contribution is -2.45. The Bertz CT molecular complexity index is 1150. The molecule has 0 aromatic heterocycles. The summed E-state index contributed by atoms with van der Waals surface area (Å²) in [5, 5.41) is 0. The SMILES string of the molecule is CCC1CCCCN1C(=O)COC(=O)c1cccc(S(=O)(=O)N2c3ccccc3CC2C)c1. The van der Waals surface area contributed by atoms with Gasteiger partial charge in [-0.1, -0.05) is 31.2 Å². The minimum absolute atomic E-state index is 0.0221. The van der Waals surface area contributed by atoms with E-state index in [-0.39, 0.29) is 35.1 Å². The van der Waals surface area contributed by atoms with Crippen molar-refractivity contribution in [2.45, 2.75) is 62.9 Å². The van der Waals surface area contributed by atoms with Crippen LogP contribution in [0.25, 0.3) is 0 Å². The van der Waals surface area contributed by atoms with Crippen LogP contribution < -0.4 is 4.31 Å².